The SMILES string of the molecule is Cc1cccc([N+](=O)[O-])c1S(=O)(=O)N1CCC(C2OCCO2)CC1. The first kappa shape index (κ1) is 17.3. The number of benzene rings is 1. The maximum Gasteiger partial charge on any atom is 0.289 e. The maximum atomic E-state index is 12.9. The number of aryl methyl sites for hydroxylation is 1. The molecule has 1 aromatic rings. The van der Waals surface area contributed by atoms with E-state index in [9.17, 15) is 18.5 Å². The molecule has 2 saturated heterocycles. The Morgan fingerprint density at radius 3 is 2.42 bits per heavy atom. The van der Waals surface area contributed by atoms with E-state index in [0.717, 1.165) is 0 Å². The smallest absolute Gasteiger partial charge is 0.289 e. The van der Waals surface area contributed by atoms with Crippen molar-refractivity contribution in [1.82, 2.24) is 4.31 Å². The summed E-state index contributed by atoms with van der Waals surface area (Å²) in [5, 5.41) is 11.2. The molecule has 0 atom stereocenters. The largest absolute Gasteiger partial charge is 0.350 e. The van der Waals surface area contributed by atoms with Gasteiger partial charge in [0.15, 0.2) is 11.2 Å². The van der Waals surface area contributed by atoms with Crippen molar-refractivity contribution in [1.29, 1.82) is 0 Å². The van der Waals surface area contributed by atoms with Crippen LogP contribution >= 0.6 is 0 Å². The third kappa shape index (κ3) is 3.16. The van der Waals surface area contributed by atoms with Crippen LogP contribution in [0, 0.1) is 23.0 Å². The molecule has 0 aliphatic carbocycles. The van der Waals surface area contributed by atoms with Gasteiger partial charge in [-0.3, -0.25) is 10.1 Å². The maximum absolute atomic E-state index is 12.9. The van der Waals surface area contributed by atoms with Gasteiger partial charge in [0.2, 0.25) is 10.0 Å². The number of nitrogens with zero attached hydrogens (tertiary/aromatic N) is 2. The van der Waals surface area contributed by atoms with Crippen LogP contribution in [-0.4, -0.2) is 50.2 Å². The first-order valence-corrected chi connectivity index (χ1v) is 9.32. The van der Waals surface area contributed by atoms with Crippen LogP contribution in [0.2, 0.25) is 0 Å². The minimum absolute atomic E-state index is 0.158. The van der Waals surface area contributed by atoms with Crippen LogP contribution in [0.25, 0.3) is 0 Å². The Hall–Kier alpha value is -1.55. The first-order chi connectivity index (χ1) is 11.4. The molecule has 2 aliphatic heterocycles. The second-order valence-corrected chi connectivity index (χ2v) is 7.91. The topological polar surface area (TPSA) is 99.0 Å². The third-order valence-electron chi connectivity index (χ3n) is 4.52. The van der Waals surface area contributed by atoms with Gasteiger partial charge in [-0.1, -0.05) is 12.1 Å². The molecule has 0 N–H and O–H groups in total. The average Bonchev–Trinajstić information content (AvgIpc) is 3.09. The number of sulfonamides is 1. The summed E-state index contributed by atoms with van der Waals surface area (Å²) < 4.78 is 38.1. The van der Waals surface area contributed by atoms with Crippen LogP contribution in [0.15, 0.2) is 23.1 Å². The van der Waals surface area contributed by atoms with E-state index in [1.807, 2.05) is 0 Å². The zero-order valence-electron chi connectivity index (χ0n) is 13.4. The second kappa shape index (κ2) is 6.75. The van der Waals surface area contributed by atoms with Gasteiger partial charge in [-0.25, -0.2) is 8.42 Å². The number of ether oxygens (including phenoxy) is 2. The van der Waals surface area contributed by atoms with Crippen molar-refractivity contribution in [2.24, 2.45) is 5.92 Å². The highest BCUT2D eigenvalue weighted by Crippen LogP contribution is 2.33. The van der Waals surface area contributed by atoms with Gasteiger partial charge >= 0.3 is 0 Å². The highest BCUT2D eigenvalue weighted by Gasteiger charge is 2.38. The van der Waals surface area contributed by atoms with E-state index in [1.54, 1.807) is 13.0 Å². The van der Waals surface area contributed by atoms with Crippen molar-refractivity contribution in [3.05, 3.63) is 33.9 Å². The Bertz CT molecular complexity index is 721. The summed E-state index contributed by atoms with van der Waals surface area (Å²) in [5.74, 6) is 0.158. The summed E-state index contributed by atoms with van der Waals surface area (Å²) in [7, 11) is -3.91. The Balaban J connectivity index is 1.81. The molecule has 24 heavy (non-hydrogen) atoms. The Morgan fingerprint density at radius 2 is 1.83 bits per heavy atom. The normalized spacial score (nSPS) is 21.2. The minimum atomic E-state index is -3.91. The van der Waals surface area contributed by atoms with Gasteiger partial charge in [0.05, 0.1) is 18.1 Å². The molecule has 9 heteroatoms. The summed E-state index contributed by atoms with van der Waals surface area (Å²) in [6, 6.07) is 4.30. The zero-order valence-corrected chi connectivity index (χ0v) is 14.2. The predicted octanol–water partition coefficient (Wildman–Crippen LogP) is 1.68. The van der Waals surface area contributed by atoms with Crippen molar-refractivity contribution in [3.63, 3.8) is 0 Å². The van der Waals surface area contributed by atoms with E-state index < -0.39 is 14.9 Å². The lowest BCUT2D eigenvalue weighted by atomic mass is 9.98. The lowest BCUT2D eigenvalue weighted by molar-refractivity contribution is -0.387. The van der Waals surface area contributed by atoms with Crippen molar-refractivity contribution in [2.45, 2.75) is 31.0 Å². The molecule has 0 bridgehead atoms. The van der Waals surface area contributed by atoms with E-state index >= 15 is 0 Å². The van der Waals surface area contributed by atoms with Crippen LogP contribution in [0.5, 0.6) is 0 Å². The summed E-state index contributed by atoms with van der Waals surface area (Å²) in [6.45, 7) is 3.33. The monoisotopic (exact) mass is 356 g/mol. The minimum Gasteiger partial charge on any atom is -0.350 e. The second-order valence-electron chi connectivity index (χ2n) is 6.03. The van der Waals surface area contributed by atoms with Gasteiger partial charge in [-0.15, -0.1) is 0 Å². The fraction of sp³-hybridized carbons (Fsp3) is 0.600. The summed E-state index contributed by atoms with van der Waals surface area (Å²) >= 11 is 0. The molecule has 0 spiro atoms. The molecule has 0 aromatic heterocycles. The molecule has 0 saturated carbocycles. The van der Waals surface area contributed by atoms with E-state index in [1.165, 1.54) is 16.4 Å². The van der Waals surface area contributed by atoms with Crippen molar-refractivity contribution < 1.29 is 22.8 Å². The Kier molecular flexibility index (Phi) is 4.86. The third-order valence-corrected chi connectivity index (χ3v) is 6.61. The van der Waals surface area contributed by atoms with Crippen LogP contribution in [0.4, 0.5) is 5.69 Å². The van der Waals surface area contributed by atoms with E-state index in [2.05, 4.69) is 0 Å². The van der Waals surface area contributed by atoms with Gasteiger partial charge < -0.3 is 9.47 Å². The quantitative estimate of drug-likeness (QED) is 0.601. The van der Waals surface area contributed by atoms with Crippen LogP contribution in [0.3, 0.4) is 0 Å². The number of hydrogen-bond acceptors (Lipinski definition) is 6. The standard InChI is InChI=1S/C15H20N2O6S/c1-11-3-2-4-13(17(18)19)14(11)24(20,21)16-7-5-12(6-8-16)15-22-9-10-23-15/h2-4,12,15H,5-10H2,1H3. The molecule has 132 valence electrons. The van der Waals surface area contributed by atoms with Gasteiger partial charge in [-0.05, 0) is 25.3 Å². The highest BCUT2D eigenvalue weighted by atomic mass is 32.2. The van der Waals surface area contributed by atoms with E-state index in [-0.39, 0.29) is 22.8 Å². The zero-order chi connectivity index (χ0) is 17.3. The van der Waals surface area contributed by atoms with Gasteiger partial charge in [-0.2, -0.15) is 4.31 Å². The molecule has 8 nitrogen and oxygen atoms in total. The van der Waals surface area contributed by atoms with Crippen LogP contribution in [0.1, 0.15) is 18.4 Å². The van der Waals surface area contributed by atoms with Gasteiger partial charge in [0, 0.05) is 25.1 Å². The van der Waals surface area contributed by atoms with Crippen LogP contribution in [-0.2, 0) is 19.5 Å². The van der Waals surface area contributed by atoms with Crippen molar-refractivity contribution in [3.8, 4) is 0 Å². The first-order valence-electron chi connectivity index (χ1n) is 7.88. The molecule has 3 rings (SSSR count). The fourth-order valence-electron chi connectivity index (χ4n) is 3.28. The lowest BCUT2D eigenvalue weighted by Gasteiger charge is -2.33. The summed E-state index contributed by atoms with van der Waals surface area (Å²) in [5.41, 5.74) is 0.00775. The molecule has 2 aliphatic rings. The number of piperidine rings is 1. The Labute approximate surface area is 140 Å². The number of nitro groups is 1. The predicted molar refractivity (Wildman–Crippen MR) is 85.0 cm³/mol. The summed E-state index contributed by atoms with van der Waals surface area (Å²) in [6.07, 6.45) is 0.968. The Morgan fingerprint density at radius 1 is 1.21 bits per heavy atom. The van der Waals surface area contributed by atoms with E-state index in [0.29, 0.717) is 44.7 Å². The molecule has 1 aromatic carbocycles. The molecule has 0 radical (unpaired) electrons. The lowest BCUT2D eigenvalue weighted by Crippen LogP contribution is -2.41. The number of rotatable bonds is 4. The molecular weight excluding hydrogens is 336 g/mol. The van der Waals surface area contributed by atoms with E-state index in [4.69, 9.17) is 9.47 Å². The van der Waals surface area contributed by atoms with Crippen molar-refractivity contribution >= 4 is 15.7 Å². The number of nitro benzene ring substituents is 1. The molecule has 2 fully saturated rings. The van der Waals surface area contributed by atoms with Crippen molar-refractivity contribution in [2.75, 3.05) is 26.3 Å². The van der Waals surface area contributed by atoms with Gasteiger partial charge in [0.1, 0.15) is 0 Å². The fourth-order valence-corrected chi connectivity index (χ4v) is 5.11. The summed E-state index contributed by atoms with van der Waals surface area (Å²) in [4.78, 5) is 10.4. The highest BCUT2D eigenvalue weighted by molar-refractivity contribution is 7.89. The van der Waals surface area contributed by atoms with Gasteiger partial charge in [0.25, 0.3) is 5.69 Å². The molecule has 0 amide bonds. The van der Waals surface area contributed by atoms with Crippen LogP contribution < -0.4 is 0 Å². The molecular formula is C15H20N2O6S. The molecule has 2 heterocycles. The number of hydrogen-bond donors (Lipinski definition) is 0. The molecule has 0 unspecified atom stereocenters. The average molecular weight is 356 g/mol.